The second kappa shape index (κ2) is 9.53. The number of carbonyl (C=O) groups is 1. The fourth-order valence-corrected chi connectivity index (χ4v) is 4.40. The highest BCUT2D eigenvalue weighted by Crippen LogP contribution is 2.26. The van der Waals surface area contributed by atoms with Crippen molar-refractivity contribution < 1.29 is 22.4 Å². The number of amides is 1. The van der Waals surface area contributed by atoms with Crippen molar-refractivity contribution in [2.75, 3.05) is 25.5 Å². The molecule has 2 N–H and O–H groups in total. The quantitative estimate of drug-likeness (QED) is 0.541. The summed E-state index contributed by atoms with van der Waals surface area (Å²) in [4.78, 5) is 13.8. The number of carbonyl (C=O) groups excluding carboxylic acids is 1. The monoisotopic (exact) mass is 469 g/mol. The number of aromatic nitrogens is 2. The number of nitrogens with zero attached hydrogens (tertiary/aromatic N) is 3. The number of methoxy groups -OCH3 is 1. The summed E-state index contributed by atoms with van der Waals surface area (Å²) in [5, 5.41) is 12.4. The Kier molecular flexibility index (Phi) is 6.54. The van der Waals surface area contributed by atoms with Crippen LogP contribution in [0.2, 0.25) is 0 Å². The zero-order chi connectivity index (χ0) is 23.4. The molecule has 0 aliphatic carbocycles. The topological polar surface area (TPSA) is 127 Å². The Labute approximate surface area is 191 Å². The fourth-order valence-electron chi connectivity index (χ4n) is 3.29. The van der Waals surface area contributed by atoms with E-state index in [-0.39, 0.29) is 10.8 Å². The van der Waals surface area contributed by atoms with Gasteiger partial charge in [0, 0.05) is 36.8 Å². The van der Waals surface area contributed by atoms with Crippen LogP contribution >= 0.6 is 0 Å². The first-order valence-corrected chi connectivity index (χ1v) is 11.6. The molecule has 1 amide bonds. The molecule has 4 rings (SSSR count). The molecule has 1 aromatic heterocycles. The maximum atomic E-state index is 12.7. The van der Waals surface area contributed by atoms with E-state index in [0.717, 1.165) is 16.9 Å². The van der Waals surface area contributed by atoms with E-state index in [2.05, 4.69) is 20.3 Å². The number of rotatable bonds is 7. The average molecular weight is 470 g/mol. The first-order valence-electron chi connectivity index (χ1n) is 10.2. The van der Waals surface area contributed by atoms with Crippen LogP contribution in [0.1, 0.15) is 19.2 Å². The Balaban J connectivity index is 1.39. The molecule has 33 heavy (non-hydrogen) atoms. The van der Waals surface area contributed by atoms with Crippen LogP contribution in [0.25, 0.3) is 17.0 Å². The van der Waals surface area contributed by atoms with Gasteiger partial charge in [-0.2, -0.15) is 0 Å². The maximum Gasteiger partial charge on any atom is 0.253 e. The lowest BCUT2D eigenvalue weighted by Crippen LogP contribution is -2.44. The number of hydrazine groups is 1. The van der Waals surface area contributed by atoms with Crippen LogP contribution in [0.15, 0.2) is 63.9 Å². The molecule has 2 heterocycles. The molecule has 0 atom stereocenters. The average Bonchev–Trinajstić information content (AvgIpc) is 3.30. The van der Waals surface area contributed by atoms with E-state index in [0.29, 0.717) is 37.0 Å². The third kappa shape index (κ3) is 5.45. The minimum Gasteiger partial charge on any atom is -0.497 e. The summed E-state index contributed by atoms with van der Waals surface area (Å²) in [6.07, 6.45) is 2.39. The largest absolute Gasteiger partial charge is 0.497 e. The van der Waals surface area contributed by atoms with Crippen molar-refractivity contribution in [2.24, 2.45) is 0 Å². The normalized spacial score (nSPS) is 14.5. The third-order valence-electron chi connectivity index (χ3n) is 4.98. The minimum absolute atomic E-state index is 0.104. The Morgan fingerprint density at radius 2 is 1.76 bits per heavy atom. The van der Waals surface area contributed by atoms with E-state index in [9.17, 15) is 13.2 Å². The van der Waals surface area contributed by atoms with Crippen molar-refractivity contribution in [1.82, 2.24) is 20.0 Å². The first-order chi connectivity index (χ1) is 15.8. The Bertz CT molecular complexity index is 1270. The highest BCUT2D eigenvalue weighted by Gasteiger charge is 2.22. The molecular formula is C22H23N5O5S. The Morgan fingerprint density at radius 1 is 1.06 bits per heavy atom. The molecule has 1 aliphatic rings. The molecule has 2 aromatic carbocycles. The van der Waals surface area contributed by atoms with Crippen LogP contribution in [-0.2, 0) is 14.8 Å². The minimum atomic E-state index is -3.75. The van der Waals surface area contributed by atoms with E-state index in [4.69, 9.17) is 9.15 Å². The summed E-state index contributed by atoms with van der Waals surface area (Å²) < 4.78 is 36.3. The Hall–Kier alpha value is -3.54. The van der Waals surface area contributed by atoms with Crippen molar-refractivity contribution in [1.29, 1.82) is 0 Å². The van der Waals surface area contributed by atoms with Gasteiger partial charge in [-0.1, -0.05) is 6.08 Å². The predicted molar refractivity (Wildman–Crippen MR) is 122 cm³/mol. The van der Waals surface area contributed by atoms with Gasteiger partial charge in [-0.15, -0.1) is 15.0 Å². The number of hydrogen-bond donors (Lipinski definition) is 2. The molecule has 172 valence electrons. The third-order valence-corrected chi connectivity index (χ3v) is 6.37. The van der Waals surface area contributed by atoms with Gasteiger partial charge in [0.25, 0.3) is 10.0 Å². The van der Waals surface area contributed by atoms with E-state index in [1.165, 1.54) is 19.1 Å². The molecule has 0 radical (unpaired) electrons. The van der Waals surface area contributed by atoms with Gasteiger partial charge in [-0.25, -0.2) is 13.4 Å². The van der Waals surface area contributed by atoms with E-state index < -0.39 is 10.0 Å². The van der Waals surface area contributed by atoms with Gasteiger partial charge in [0.05, 0.1) is 12.0 Å². The van der Waals surface area contributed by atoms with Gasteiger partial charge in [0.1, 0.15) is 5.75 Å². The first kappa shape index (κ1) is 22.6. The SMILES string of the molecule is COc1ccc(-c2nnc(C3=CCN(NS(=O)(=O)c4ccc(NC(C)=O)cc4)CC3)o2)cc1. The number of ether oxygens (including phenoxy) is 1. The summed E-state index contributed by atoms with van der Waals surface area (Å²) in [6, 6.07) is 13.3. The molecular weight excluding hydrogens is 446 g/mol. The second-order valence-corrected chi connectivity index (χ2v) is 9.03. The fraction of sp³-hybridized carbons (Fsp3) is 0.227. The van der Waals surface area contributed by atoms with Crippen molar-refractivity contribution in [2.45, 2.75) is 18.2 Å². The van der Waals surface area contributed by atoms with Gasteiger partial charge in [0.15, 0.2) is 0 Å². The van der Waals surface area contributed by atoms with E-state index in [1.54, 1.807) is 24.3 Å². The van der Waals surface area contributed by atoms with E-state index >= 15 is 0 Å². The summed E-state index contributed by atoms with van der Waals surface area (Å²) in [6.45, 7) is 2.17. The maximum absolute atomic E-state index is 12.7. The van der Waals surface area contributed by atoms with E-state index in [1.807, 2.05) is 30.3 Å². The summed E-state index contributed by atoms with van der Waals surface area (Å²) in [5.41, 5.74) is 2.17. The number of benzene rings is 2. The lowest BCUT2D eigenvalue weighted by atomic mass is 10.1. The Morgan fingerprint density at radius 3 is 2.36 bits per heavy atom. The number of anilines is 1. The lowest BCUT2D eigenvalue weighted by molar-refractivity contribution is -0.114. The standard InChI is InChI=1S/C22H23N5O5S/c1-15(28)23-18-5-9-20(10-6-18)33(29,30)26-27-13-11-17(12-14-27)22-25-24-21(32-22)16-3-7-19(31-2)8-4-16/h3-11,26H,12-14H2,1-2H3,(H,23,28). The molecule has 1 aliphatic heterocycles. The molecule has 0 bridgehead atoms. The summed E-state index contributed by atoms with van der Waals surface area (Å²) >= 11 is 0. The number of hydrogen-bond acceptors (Lipinski definition) is 8. The zero-order valence-corrected chi connectivity index (χ0v) is 18.9. The van der Waals surface area contributed by atoms with Gasteiger partial charge < -0.3 is 14.5 Å². The van der Waals surface area contributed by atoms with Crippen LogP contribution in [0, 0.1) is 0 Å². The van der Waals surface area contributed by atoms with Crippen molar-refractivity contribution in [3.8, 4) is 17.2 Å². The molecule has 0 saturated carbocycles. The number of sulfonamides is 1. The molecule has 0 fully saturated rings. The molecule has 0 spiro atoms. The summed E-state index contributed by atoms with van der Waals surface area (Å²) in [5.74, 6) is 1.33. The van der Waals surface area contributed by atoms with Crippen molar-refractivity contribution >= 4 is 27.2 Å². The van der Waals surface area contributed by atoms with Crippen LogP contribution in [0.3, 0.4) is 0 Å². The smallest absolute Gasteiger partial charge is 0.253 e. The van der Waals surface area contributed by atoms with Crippen LogP contribution in [0.5, 0.6) is 5.75 Å². The molecule has 0 unspecified atom stereocenters. The van der Waals surface area contributed by atoms with Gasteiger partial charge in [-0.3, -0.25) is 4.79 Å². The van der Waals surface area contributed by atoms with Crippen molar-refractivity contribution in [3.05, 3.63) is 60.5 Å². The molecule has 0 saturated heterocycles. The van der Waals surface area contributed by atoms with Gasteiger partial charge in [0.2, 0.25) is 17.7 Å². The summed E-state index contributed by atoms with van der Waals surface area (Å²) in [7, 11) is -2.15. The predicted octanol–water partition coefficient (Wildman–Crippen LogP) is 2.69. The number of nitrogens with one attached hydrogen (secondary N) is 2. The zero-order valence-electron chi connectivity index (χ0n) is 18.1. The highest BCUT2D eigenvalue weighted by atomic mass is 32.2. The van der Waals surface area contributed by atoms with Crippen LogP contribution in [-0.4, -0.2) is 49.7 Å². The van der Waals surface area contributed by atoms with Gasteiger partial charge in [-0.05, 0) is 55.0 Å². The molecule has 3 aromatic rings. The van der Waals surface area contributed by atoms with Crippen molar-refractivity contribution in [3.63, 3.8) is 0 Å². The van der Waals surface area contributed by atoms with Crippen LogP contribution < -0.4 is 14.9 Å². The highest BCUT2D eigenvalue weighted by molar-refractivity contribution is 7.89. The molecule has 11 heteroatoms. The van der Waals surface area contributed by atoms with Crippen LogP contribution in [0.4, 0.5) is 5.69 Å². The lowest BCUT2D eigenvalue weighted by Gasteiger charge is -2.25. The van der Waals surface area contributed by atoms with Gasteiger partial charge >= 0.3 is 0 Å². The second-order valence-electron chi connectivity index (χ2n) is 7.37. The molecule has 10 nitrogen and oxygen atoms in total.